The van der Waals surface area contributed by atoms with Gasteiger partial charge in [0.05, 0.1) is 12.9 Å². The molecule has 7 heteroatoms. The maximum atomic E-state index is 10.2. The van der Waals surface area contributed by atoms with Gasteiger partial charge in [-0.15, -0.1) is 0 Å². The maximum absolute atomic E-state index is 10.2. The van der Waals surface area contributed by atoms with Crippen LogP contribution in [0.2, 0.25) is 0 Å². The van der Waals surface area contributed by atoms with Crippen molar-refractivity contribution in [2.75, 3.05) is 6.61 Å². The number of hydrogen-bond acceptors (Lipinski definition) is 3. The Morgan fingerprint density at radius 1 is 1.58 bits per heavy atom. The van der Waals surface area contributed by atoms with E-state index >= 15 is 0 Å². The largest absolute Gasteiger partial charge is 0.469 e. The van der Waals surface area contributed by atoms with E-state index in [-0.39, 0.29) is 6.61 Å². The minimum absolute atomic E-state index is 0.0271. The van der Waals surface area contributed by atoms with Crippen LogP contribution in [-0.4, -0.2) is 25.9 Å². The Kier molecular flexibility index (Phi) is 2.99. The molecule has 6 nitrogen and oxygen atoms in total. The number of imidazole rings is 1. The van der Waals surface area contributed by atoms with Gasteiger partial charge in [-0.05, 0) is 0 Å². The topological polar surface area (TPSA) is 84.6 Å². The Hall–Kier alpha value is -0.680. The highest BCUT2D eigenvalue weighted by Crippen LogP contribution is 2.35. The molecule has 0 aliphatic carbocycles. The molecule has 0 amide bonds. The van der Waals surface area contributed by atoms with Crippen molar-refractivity contribution in [1.29, 1.82) is 0 Å². The quantitative estimate of drug-likeness (QED) is 0.655. The predicted octanol–water partition coefficient (Wildman–Crippen LogP) is -0.00760. The first kappa shape index (κ1) is 9.41. The van der Waals surface area contributed by atoms with Gasteiger partial charge in [-0.3, -0.25) is 4.52 Å². The Labute approximate surface area is 69.1 Å². The molecular formula is C5H9N2O4P. The Balaban J connectivity index is 2.24. The zero-order chi connectivity index (χ0) is 9.03. The van der Waals surface area contributed by atoms with E-state index in [9.17, 15) is 4.57 Å². The van der Waals surface area contributed by atoms with Crippen LogP contribution in [0.25, 0.3) is 0 Å². The Bertz CT molecular complexity index is 267. The first-order valence-corrected chi connectivity index (χ1v) is 4.77. The molecule has 0 aliphatic heterocycles. The van der Waals surface area contributed by atoms with Gasteiger partial charge in [0.1, 0.15) is 0 Å². The van der Waals surface area contributed by atoms with E-state index < -0.39 is 7.82 Å². The molecule has 0 atom stereocenters. The lowest BCUT2D eigenvalue weighted by molar-refractivity contribution is 0.190. The van der Waals surface area contributed by atoms with E-state index in [0.29, 0.717) is 6.54 Å². The van der Waals surface area contributed by atoms with Crippen LogP contribution in [0.5, 0.6) is 0 Å². The molecule has 0 aromatic carbocycles. The zero-order valence-electron chi connectivity index (χ0n) is 6.20. The molecule has 0 saturated heterocycles. The van der Waals surface area contributed by atoms with Gasteiger partial charge in [0.25, 0.3) is 0 Å². The van der Waals surface area contributed by atoms with Crippen molar-refractivity contribution in [3.8, 4) is 0 Å². The fourth-order valence-electron chi connectivity index (χ4n) is 0.684. The number of aromatic nitrogens is 2. The molecule has 0 unspecified atom stereocenters. The standard InChI is InChI=1S/C5H9N2O4P/c8-12(9,10)11-4-3-7-2-1-6-5-7/h1-2,5H,3-4H2,(H2,8,9,10). The molecule has 0 spiro atoms. The summed E-state index contributed by atoms with van der Waals surface area (Å²) in [5, 5.41) is 0. The lowest BCUT2D eigenvalue weighted by atomic mass is 10.7. The number of phosphoric ester groups is 1. The fraction of sp³-hybridized carbons (Fsp3) is 0.400. The second-order valence-corrected chi connectivity index (χ2v) is 3.36. The smallest absolute Gasteiger partial charge is 0.335 e. The van der Waals surface area contributed by atoms with Gasteiger partial charge in [-0.1, -0.05) is 0 Å². The Morgan fingerprint density at radius 3 is 2.83 bits per heavy atom. The summed E-state index contributed by atoms with van der Waals surface area (Å²) >= 11 is 0. The van der Waals surface area contributed by atoms with Crippen LogP contribution in [0, 0.1) is 0 Å². The Morgan fingerprint density at radius 2 is 2.33 bits per heavy atom. The predicted molar refractivity (Wildman–Crippen MR) is 40.2 cm³/mol. The highest BCUT2D eigenvalue weighted by Gasteiger charge is 2.12. The number of phosphoric acid groups is 1. The van der Waals surface area contributed by atoms with Crippen molar-refractivity contribution in [1.82, 2.24) is 9.55 Å². The van der Waals surface area contributed by atoms with Crippen LogP contribution in [0.3, 0.4) is 0 Å². The molecule has 1 aromatic rings. The minimum atomic E-state index is -4.32. The molecule has 0 fully saturated rings. The lowest BCUT2D eigenvalue weighted by Crippen LogP contribution is -2.02. The average Bonchev–Trinajstić information content (AvgIpc) is 2.36. The molecule has 1 aromatic heterocycles. The van der Waals surface area contributed by atoms with Gasteiger partial charge in [-0.25, -0.2) is 9.55 Å². The minimum Gasteiger partial charge on any atom is -0.335 e. The lowest BCUT2D eigenvalue weighted by Gasteiger charge is -2.04. The summed E-state index contributed by atoms with van der Waals surface area (Å²) in [5.74, 6) is 0. The van der Waals surface area contributed by atoms with Crippen molar-refractivity contribution in [3.05, 3.63) is 18.7 Å². The van der Waals surface area contributed by atoms with E-state index in [1.165, 1.54) is 0 Å². The average molecular weight is 192 g/mol. The summed E-state index contributed by atoms with van der Waals surface area (Å²) < 4.78 is 16.1. The van der Waals surface area contributed by atoms with Gasteiger partial charge >= 0.3 is 7.82 Å². The van der Waals surface area contributed by atoms with Crippen LogP contribution < -0.4 is 0 Å². The monoisotopic (exact) mass is 192 g/mol. The first-order chi connectivity index (χ1) is 5.58. The summed E-state index contributed by atoms with van der Waals surface area (Å²) in [7, 11) is -4.32. The molecule has 0 bridgehead atoms. The first-order valence-electron chi connectivity index (χ1n) is 3.24. The van der Waals surface area contributed by atoms with Crippen molar-refractivity contribution < 1.29 is 18.9 Å². The third-order valence-corrected chi connectivity index (χ3v) is 1.69. The molecule has 0 radical (unpaired) electrons. The molecule has 1 rings (SSSR count). The van der Waals surface area contributed by atoms with Crippen LogP contribution in [-0.2, 0) is 15.6 Å². The van der Waals surface area contributed by atoms with E-state index in [2.05, 4.69) is 9.51 Å². The van der Waals surface area contributed by atoms with E-state index in [1.807, 2.05) is 0 Å². The summed E-state index contributed by atoms with van der Waals surface area (Å²) in [4.78, 5) is 20.4. The third-order valence-electron chi connectivity index (χ3n) is 1.17. The SMILES string of the molecule is O=P(O)(O)OCCn1ccnc1. The van der Waals surface area contributed by atoms with Crippen LogP contribution in [0.1, 0.15) is 0 Å². The van der Waals surface area contributed by atoms with Crippen LogP contribution >= 0.6 is 7.82 Å². The summed E-state index contributed by atoms with van der Waals surface area (Å²) in [6.07, 6.45) is 4.81. The van der Waals surface area contributed by atoms with Gasteiger partial charge in [0, 0.05) is 18.9 Å². The van der Waals surface area contributed by atoms with Crippen LogP contribution in [0.15, 0.2) is 18.7 Å². The second kappa shape index (κ2) is 3.82. The normalized spacial score (nSPS) is 11.8. The van der Waals surface area contributed by atoms with Gasteiger partial charge in [-0.2, -0.15) is 0 Å². The van der Waals surface area contributed by atoms with Gasteiger partial charge in [0.15, 0.2) is 0 Å². The third kappa shape index (κ3) is 3.64. The maximum Gasteiger partial charge on any atom is 0.469 e. The number of rotatable bonds is 4. The van der Waals surface area contributed by atoms with E-state index in [4.69, 9.17) is 9.79 Å². The highest BCUT2D eigenvalue weighted by molar-refractivity contribution is 7.46. The molecule has 0 aliphatic rings. The second-order valence-electron chi connectivity index (χ2n) is 2.12. The molecule has 2 N–H and O–H groups in total. The van der Waals surface area contributed by atoms with Gasteiger partial charge in [0.2, 0.25) is 0 Å². The van der Waals surface area contributed by atoms with Crippen molar-refractivity contribution in [2.24, 2.45) is 0 Å². The van der Waals surface area contributed by atoms with Crippen LogP contribution in [0.4, 0.5) is 0 Å². The van der Waals surface area contributed by atoms with E-state index in [1.54, 1.807) is 23.3 Å². The molecular weight excluding hydrogens is 183 g/mol. The number of hydrogen-bond donors (Lipinski definition) is 2. The van der Waals surface area contributed by atoms with Crippen molar-refractivity contribution in [2.45, 2.75) is 6.54 Å². The number of nitrogens with zero attached hydrogens (tertiary/aromatic N) is 2. The summed E-state index contributed by atoms with van der Waals surface area (Å²) in [6, 6.07) is 0. The summed E-state index contributed by atoms with van der Waals surface area (Å²) in [5.41, 5.74) is 0. The molecule has 1 heterocycles. The summed E-state index contributed by atoms with van der Waals surface area (Å²) in [6.45, 7) is 0.353. The highest BCUT2D eigenvalue weighted by atomic mass is 31.2. The fourth-order valence-corrected chi connectivity index (χ4v) is 1.00. The van der Waals surface area contributed by atoms with Crippen molar-refractivity contribution in [3.63, 3.8) is 0 Å². The van der Waals surface area contributed by atoms with E-state index in [0.717, 1.165) is 0 Å². The van der Waals surface area contributed by atoms with Crippen molar-refractivity contribution >= 4 is 7.82 Å². The zero-order valence-corrected chi connectivity index (χ0v) is 7.09. The van der Waals surface area contributed by atoms with Gasteiger partial charge < -0.3 is 14.4 Å². The molecule has 0 saturated carbocycles. The molecule has 12 heavy (non-hydrogen) atoms. The molecule has 68 valence electrons.